The van der Waals surface area contributed by atoms with Gasteiger partial charge < -0.3 is 10.8 Å². The number of hydrogen-bond donors (Lipinski definition) is 2. The molecule has 2 heteroatoms. The van der Waals surface area contributed by atoms with E-state index < -0.39 is 0 Å². The lowest BCUT2D eigenvalue weighted by Gasteiger charge is -2.36. The monoisotopic (exact) mass is 191 g/mol. The molecule has 1 fully saturated rings. The Kier molecular flexibility index (Phi) is 2.57. The molecule has 1 aromatic rings. The van der Waals surface area contributed by atoms with Crippen molar-refractivity contribution in [2.75, 3.05) is 0 Å². The largest absolute Gasteiger partial charge is 0.393 e. The van der Waals surface area contributed by atoms with Gasteiger partial charge >= 0.3 is 0 Å². The minimum atomic E-state index is -0.208. The Morgan fingerprint density at radius 1 is 1.14 bits per heavy atom. The summed E-state index contributed by atoms with van der Waals surface area (Å²) in [5.41, 5.74) is 7.32. The second-order valence-corrected chi connectivity index (χ2v) is 4.25. The molecule has 1 aromatic carbocycles. The zero-order valence-corrected chi connectivity index (χ0v) is 8.32. The number of hydrogen-bond acceptors (Lipinski definition) is 2. The Balaban J connectivity index is 2.17. The summed E-state index contributed by atoms with van der Waals surface area (Å²) in [6.07, 6.45) is 3.28. The van der Waals surface area contributed by atoms with Crippen molar-refractivity contribution in [3.05, 3.63) is 35.9 Å². The van der Waals surface area contributed by atoms with Gasteiger partial charge in [0.15, 0.2) is 0 Å². The van der Waals surface area contributed by atoms with Crippen LogP contribution in [0.3, 0.4) is 0 Å². The molecule has 0 heterocycles. The van der Waals surface area contributed by atoms with E-state index in [2.05, 4.69) is 12.1 Å². The maximum atomic E-state index is 9.43. The molecule has 0 amide bonds. The van der Waals surface area contributed by atoms with Gasteiger partial charge in [0.2, 0.25) is 0 Å². The Morgan fingerprint density at radius 2 is 1.71 bits per heavy atom. The number of nitrogens with two attached hydrogens (primary N) is 1. The van der Waals surface area contributed by atoms with Crippen LogP contribution in [0.4, 0.5) is 0 Å². The van der Waals surface area contributed by atoms with Crippen molar-refractivity contribution in [3.8, 4) is 0 Å². The number of benzene rings is 1. The molecule has 14 heavy (non-hydrogen) atoms. The van der Waals surface area contributed by atoms with Crippen LogP contribution in [-0.2, 0) is 5.54 Å². The van der Waals surface area contributed by atoms with Gasteiger partial charge in [0, 0.05) is 5.54 Å². The van der Waals surface area contributed by atoms with E-state index in [1.165, 1.54) is 5.56 Å². The van der Waals surface area contributed by atoms with Crippen LogP contribution in [0.2, 0.25) is 0 Å². The molecule has 0 atom stereocenters. The molecule has 76 valence electrons. The summed E-state index contributed by atoms with van der Waals surface area (Å²) >= 11 is 0. The van der Waals surface area contributed by atoms with Crippen molar-refractivity contribution in [3.63, 3.8) is 0 Å². The summed E-state index contributed by atoms with van der Waals surface area (Å²) in [5, 5.41) is 9.43. The van der Waals surface area contributed by atoms with Gasteiger partial charge in [-0.1, -0.05) is 30.3 Å². The van der Waals surface area contributed by atoms with E-state index in [1.807, 2.05) is 18.2 Å². The molecule has 0 radical (unpaired) electrons. The van der Waals surface area contributed by atoms with Gasteiger partial charge in [-0.3, -0.25) is 0 Å². The first-order valence-corrected chi connectivity index (χ1v) is 5.23. The Morgan fingerprint density at radius 3 is 2.29 bits per heavy atom. The molecule has 1 aliphatic rings. The third kappa shape index (κ3) is 1.81. The molecule has 0 bridgehead atoms. The van der Waals surface area contributed by atoms with Crippen molar-refractivity contribution >= 4 is 0 Å². The molecule has 0 aromatic heterocycles. The van der Waals surface area contributed by atoms with Crippen LogP contribution in [0.25, 0.3) is 0 Å². The standard InChI is InChI=1S/C12H17NO/c13-12(8-6-11(14)7-9-12)10-4-2-1-3-5-10/h1-5,11,14H,6-9,13H2/t11-,12+. The first kappa shape index (κ1) is 9.69. The summed E-state index contributed by atoms with van der Waals surface area (Å²) < 4.78 is 0. The topological polar surface area (TPSA) is 46.2 Å². The van der Waals surface area contributed by atoms with Crippen LogP contribution >= 0.6 is 0 Å². The van der Waals surface area contributed by atoms with Gasteiger partial charge in [-0.15, -0.1) is 0 Å². The second kappa shape index (κ2) is 3.71. The Bertz CT molecular complexity index is 288. The molecule has 3 N–H and O–H groups in total. The minimum Gasteiger partial charge on any atom is -0.393 e. The average molecular weight is 191 g/mol. The summed E-state index contributed by atoms with van der Waals surface area (Å²) in [4.78, 5) is 0. The van der Waals surface area contributed by atoms with Gasteiger partial charge in [-0.2, -0.15) is 0 Å². The van der Waals surface area contributed by atoms with Crippen molar-refractivity contribution in [1.82, 2.24) is 0 Å². The van der Waals surface area contributed by atoms with E-state index in [0.29, 0.717) is 0 Å². The molecule has 2 nitrogen and oxygen atoms in total. The van der Waals surface area contributed by atoms with Crippen LogP contribution in [-0.4, -0.2) is 11.2 Å². The molecule has 0 unspecified atom stereocenters. The van der Waals surface area contributed by atoms with Crippen molar-refractivity contribution in [1.29, 1.82) is 0 Å². The normalized spacial score (nSPS) is 32.9. The SMILES string of the molecule is N[C@]1(c2ccccc2)CC[C@H](O)CC1. The van der Waals surface area contributed by atoms with E-state index >= 15 is 0 Å². The van der Waals surface area contributed by atoms with Crippen LogP contribution in [0.15, 0.2) is 30.3 Å². The highest BCUT2D eigenvalue weighted by molar-refractivity contribution is 5.24. The summed E-state index contributed by atoms with van der Waals surface area (Å²) in [7, 11) is 0. The fourth-order valence-corrected chi connectivity index (χ4v) is 2.18. The fourth-order valence-electron chi connectivity index (χ4n) is 2.18. The van der Waals surface area contributed by atoms with Crippen LogP contribution in [0.5, 0.6) is 0 Å². The van der Waals surface area contributed by atoms with E-state index in [9.17, 15) is 5.11 Å². The van der Waals surface area contributed by atoms with Gasteiger partial charge in [-0.05, 0) is 31.2 Å². The van der Waals surface area contributed by atoms with Crippen molar-refractivity contribution in [2.45, 2.75) is 37.3 Å². The zero-order chi connectivity index (χ0) is 10.0. The van der Waals surface area contributed by atoms with Crippen molar-refractivity contribution < 1.29 is 5.11 Å². The average Bonchev–Trinajstić information content (AvgIpc) is 2.24. The molecular weight excluding hydrogens is 174 g/mol. The summed E-state index contributed by atoms with van der Waals surface area (Å²) in [5.74, 6) is 0. The van der Waals surface area contributed by atoms with Crippen molar-refractivity contribution in [2.24, 2.45) is 5.73 Å². The van der Waals surface area contributed by atoms with Gasteiger partial charge in [-0.25, -0.2) is 0 Å². The maximum absolute atomic E-state index is 9.43. The number of aliphatic hydroxyl groups excluding tert-OH is 1. The van der Waals surface area contributed by atoms with Crippen LogP contribution in [0, 0.1) is 0 Å². The highest BCUT2D eigenvalue weighted by atomic mass is 16.3. The lowest BCUT2D eigenvalue weighted by molar-refractivity contribution is 0.0969. The van der Waals surface area contributed by atoms with E-state index in [4.69, 9.17) is 5.73 Å². The van der Waals surface area contributed by atoms with E-state index in [0.717, 1.165) is 25.7 Å². The van der Waals surface area contributed by atoms with Crippen LogP contribution < -0.4 is 5.73 Å². The molecule has 2 rings (SSSR count). The predicted molar refractivity (Wildman–Crippen MR) is 56.8 cm³/mol. The third-order valence-corrected chi connectivity index (χ3v) is 3.20. The molecule has 0 saturated heterocycles. The minimum absolute atomic E-state index is 0.143. The highest BCUT2D eigenvalue weighted by Crippen LogP contribution is 2.34. The lowest BCUT2D eigenvalue weighted by atomic mass is 9.76. The van der Waals surface area contributed by atoms with E-state index in [1.54, 1.807) is 0 Å². The Labute approximate surface area is 84.7 Å². The first-order valence-electron chi connectivity index (χ1n) is 5.23. The second-order valence-electron chi connectivity index (χ2n) is 4.25. The summed E-state index contributed by atoms with van der Waals surface area (Å²) in [6.45, 7) is 0. The molecule has 1 saturated carbocycles. The molecule has 0 spiro atoms. The fraction of sp³-hybridized carbons (Fsp3) is 0.500. The maximum Gasteiger partial charge on any atom is 0.0541 e. The zero-order valence-electron chi connectivity index (χ0n) is 8.32. The number of aliphatic hydroxyl groups is 1. The smallest absolute Gasteiger partial charge is 0.0541 e. The summed E-state index contributed by atoms with van der Waals surface area (Å²) in [6, 6.07) is 10.2. The van der Waals surface area contributed by atoms with Gasteiger partial charge in [0.25, 0.3) is 0 Å². The first-order chi connectivity index (χ1) is 6.71. The van der Waals surface area contributed by atoms with Gasteiger partial charge in [0.1, 0.15) is 0 Å². The molecular formula is C12H17NO. The van der Waals surface area contributed by atoms with Gasteiger partial charge in [0.05, 0.1) is 6.10 Å². The highest BCUT2D eigenvalue weighted by Gasteiger charge is 2.32. The lowest BCUT2D eigenvalue weighted by Crippen LogP contribution is -2.41. The quantitative estimate of drug-likeness (QED) is 0.710. The third-order valence-electron chi connectivity index (χ3n) is 3.20. The molecule has 0 aliphatic heterocycles. The Hall–Kier alpha value is -0.860. The molecule has 1 aliphatic carbocycles. The predicted octanol–water partition coefficient (Wildman–Crippen LogP) is 1.78. The van der Waals surface area contributed by atoms with Crippen LogP contribution in [0.1, 0.15) is 31.2 Å². The van der Waals surface area contributed by atoms with E-state index in [-0.39, 0.29) is 11.6 Å². The number of rotatable bonds is 1.